The van der Waals surface area contributed by atoms with Crippen LogP contribution < -0.4 is 5.32 Å². The summed E-state index contributed by atoms with van der Waals surface area (Å²) in [6, 6.07) is 3.55. The zero-order valence-corrected chi connectivity index (χ0v) is 13.1. The highest BCUT2D eigenvalue weighted by molar-refractivity contribution is 7.18. The third kappa shape index (κ3) is 4.58. The lowest BCUT2D eigenvalue weighted by Gasteiger charge is -2.31. The Kier molecular flexibility index (Phi) is 5.57. The first kappa shape index (κ1) is 15.5. The summed E-state index contributed by atoms with van der Waals surface area (Å²) in [5.74, 6) is 0.695. The van der Waals surface area contributed by atoms with E-state index in [0.717, 1.165) is 37.4 Å². The Hall–Kier alpha value is -0.910. The number of halogens is 1. The molecule has 1 aromatic rings. The van der Waals surface area contributed by atoms with Crippen molar-refractivity contribution in [2.75, 3.05) is 26.2 Å². The van der Waals surface area contributed by atoms with Crippen molar-refractivity contribution >= 4 is 34.6 Å². The molecule has 1 aromatic heterocycles. The Morgan fingerprint density at radius 2 is 2.10 bits per heavy atom. The van der Waals surface area contributed by atoms with Gasteiger partial charge < -0.3 is 5.32 Å². The van der Waals surface area contributed by atoms with E-state index < -0.39 is 0 Å². The molecule has 0 radical (unpaired) electrons. The van der Waals surface area contributed by atoms with Crippen molar-refractivity contribution < 1.29 is 9.59 Å². The molecular formula is C14H19ClN2O2S. The van der Waals surface area contributed by atoms with Gasteiger partial charge in [-0.25, -0.2) is 0 Å². The molecule has 2 heterocycles. The largest absolute Gasteiger partial charge is 0.356 e. The van der Waals surface area contributed by atoms with Gasteiger partial charge in [0.2, 0.25) is 5.91 Å². The molecule has 0 unspecified atom stereocenters. The molecule has 1 saturated heterocycles. The van der Waals surface area contributed by atoms with Crippen LogP contribution in [0.4, 0.5) is 0 Å². The summed E-state index contributed by atoms with van der Waals surface area (Å²) in [7, 11) is 0. The van der Waals surface area contributed by atoms with Gasteiger partial charge in [-0.3, -0.25) is 14.5 Å². The van der Waals surface area contributed by atoms with Crippen LogP contribution in [0, 0.1) is 5.92 Å². The highest BCUT2D eigenvalue weighted by Gasteiger charge is 2.21. The van der Waals surface area contributed by atoms with E-state index in [9.17, 15) is 9.59 Å². The van der Waals surface area contributed by atoms with E-state index in [4.69, 9.17) is 11.6 Å². The van der Waals surface area contributed by atoms with Crippen molar-refractivity contribution in [3.05, 3.63) is 21.3 Å². The SMILES string of the molecule is CC(=O)NCC1CCN(CC(=O)c2ccc(Cl)s2)CC1. The predicted octanol–water partition coefficient (Wildman–Crippen LogP) is 2.43. The molecular weight excluding hydrogens is 296 g/mol. The third-order valence-corrected chi connectivity index (χ3v) is 4.83. The molecule has 1 fully saturated rings. The number of amides is 1. The number of likely N-dealkylation sites (tertiary alicyclic amines) is 1. The van der Waals surface area contributed by atoms with Crippen LogP contribution in [0.1, 0.15) is 29.4 Å². The van der Waals surface area contributed by atoms with Crippen molar-refractivity contribution in [2.45, 2.75) is 19.8 Å². The number of Topliss-reactive ketones (excluding diaryl/α,β-unsaturated/α-hetero) is 1. The Morgan fingerprint density at radius 1 is 1.40 bits per heavy atom. The predicted molar refractivity (Wildman–Crippen MR) is 81.5 cm³/mol. The summed E-state index contributed by atoms with van der Waals surface area (Å²) in [6.07, 6.45) is 2.05. The number of hydrogen-bond acceptors (Lipinski definition) is 4. The quantitative estimate of drug-likeness (QED) is 0.849. The maximum Gasteiger partial charge on any atom is 0.216 e. The molecule has 0 aromatic carbocycles. The Bertz CT molecular complexity index is 481. The van der Waals surface area contributed by atoms with Crippen LogP contribution in [0.3, 0.4) is 0 Å². The van der Waals surface area contributed by atoms with Gasteiger partial charge in [-0.15, -0.1) is 11.3 Å². The fraction of sp³-hybridized carbons (Fsp3) is 0.571. The molecule has 20 heavy (non-hydrogen) atoms. The van der Waals surface area contributed by atoms with E-state index in [0.29, 0.717) is 16.8 Å². The molecule has 0 atom stereocenters. The second-order valence-corrected chi connectivity index (χ2v) is 6.90. The van der Waals surface area contributed by atoms with E-state index in [-0.39, 0.29) is 11.7 Å². The van der Waals surface area contributed by atoms with E-state index >= 15 is 0 Å². The Morgan fingerprint density at radius 3 is 2.65 bits per heavy atom. The summed E-state index contributed by atoms with van der Waals surface area (Å²) >= 11 is 7.18. The number of nitrogens with zero attached hydrogens (tertiary/aromatic N) is 1. The number of hydrogen-bond donors (Lipinski definition) is 1. The summed E-state index contributed by atoms with van der Waals surface area (Å²) in [6.45, 7) is 4.57. The maximum atomic E-state index is 12.1. The summed E-state index contributed by atoms with van der Waals surface area (Å²) < 4.78 is 0.655. The molecule has 110 valence electrons. The number of carbonyl (C=O) groups excluding carboxylic acids is 2. The van der Waals surface area contributed by atoms with Crippen LogP contribution in [0.25, 0.3) is 0 Å². The smallest absolute Gasteiger partial charge is 0.216 e. The zero-order chi connectivity index (χ0) is 14.5. The van der Waals surface area contributed by atoms with Gasteiger partial charge in [-0.1, -0.05) is 11.6 Å². The standard InChI is InChI=1S/C14H19ClN2O2S/c1-10(18)16-8-11-4-6-17(7-5-11)9-12(19)13-2-3-14(15)20-13/h2-3,11H,4-9H2,1H3,(H,16,18). The van der Waals surface area contributed by atoms with E-state index in [1.165, 1.54) is 11.3 Å². The number of carbonyl (C=O) groups is 2. The van der Waals surface area contributed by atoms with Gasteiger partial charge >= 0.3 is 0 Å². The number of rotatable bonds is 5. The van der Waals surface area contributed by atoms with Crippen molar-refractivity contribution in [3.63, 3.8) is 0 Å². The fourth-order valence-corrected chi connectivity index (χ4v) is 3.35. The van der Waals surface area contributed by atoms with Crippen LogP contribution in [-0.4, -0.2) is 42.8 Å². The van der Waals surface area contributed by atoms with Gasteiger partial charge in [0, 0.05) is 13.5 Å². The molecule has 2 rings (SSSR count). The van der Waals surface area contributed by atoms with E-state index in [1.54, 1.807) is 19.1 Å². The van der Waals surface area contributed by atoms with Crippen molar-refractivity contribution in [1.82, 2.24) is 10.2 Å². The lowest BCUT2D eigenvalue weighted by atomic mass is 9.96. The summed E-state index contributed by atoms with van der Waals surface area (Å²) in [5.41, 5.74) is 0. The van der Waals surface area contributed by atoms with Gasteiger partial charge in [0.05, 0.1) is 15.8 Å². The van der Waals surface area contributed by atoms with Crippen molar-refractivity contribution in [2.24, 2.45) is 5.92 Å². The molecule has 4 nitrogen and oxygen atoms in total. The second-order valence-electron chi connectivity index (χ2n) is 5.18. The van der Waals surface area contributed by atoms with Gasteiger partial charge in [0.25, 0.3) is 0 Å². The number of piperidine rings is 1. The van der Waals surface area contributed by atoms with Gasteiger partial charge in [0.1, 0.15) is 0 Å². The first-order valence-corrected chi connectivity index (χ1v) is 7.99. The van der Waals surface area contributed by atoms with Gasteiger partial charge in [-0.2, -0.15) is 0 Å². The monoisotopic (exact) mass is 314 g/mol. The maximum absolute atomic E-state index is 12.1. The van der Waals surface area contributed by atoms with Gasteiger partial charge in [-0.05, 0) is 44.0 Å². The normalized spacial score (nSPS) is 17.1. The van der Waals surface area contributed by atoms with Crippen LogP contribution in [0.15, 0.2) is 12.1 Å². The Labute approximate surface area is 128 Å². The third-order valence-electron chi connectivity index (χ3n) is 3.56. The number of ketones is 1. The molecule has 0 bridgehead atoms. The highest BCUT2D eigenvalue weighted by Crippen LogP contribution is 2.23. The molecule has 1 aliphatic heterocycles. The lowest BCUT2D eigenvalue weighted by molar-refractivity contribution is -0.119. The van der Waals surface area contributed by atoms with Gasteiger partial charge in [0.15, 0.2) is 5.78 Å². The first-order valence-electron chi connectivity index (χ1n) is 6.80. The fourth-order valence-electron chi connectivity index (χ4n) is 2.38. The topological polar surface area (TPSA) is 49.4 Å². The van der Waals surface area contributed by atoms with Crippen LogP contribution in [-0.2, 0) is 4.79 Å². The first-order chi connectivity index (χ1) is 9.54. The Balaban J connectivity index is 1.74. The minimum Gasteiger partial charge on any atom is -0.356 e. The molecule has 0 saturated carbocycles. The summed E-state index contributed by atoms with van der Waals surface area (Å²) in [4.78, 5) is 25.9. The lowest BCUT2D eigenvalue weighted by Crippen LogP contribution is -2.40. The number of thiophene rings is 1. The average Bonchev–Trinajstić information content (AvgIpc) is 2.85. The van der Waals surface area contributed by atoms with Crippen molar-refractivity contribution in [3.8, 4) is 0 Å². The van der Waals surface area contributed by atoms with Crippen molar-refractivity contribution in [1.29, 1.82) is 0 Å². The molecule has 1 aliphatic rings. The van der Waals surface area contributed by atoms with E-state index in [1.807, 2.05) is 0 Å². The molecule has 0 spiro atoms. The second kappa shape index (κ2) is 7.20. The number of nitrogens with one attached hydrogen (secondary N) is 1. The molecule has 1 amide bonds. The van der Waals surface area contributed by atoms with E-state index in [2.05, 4.69) is 10.2 Å². The molecule has 1 N–H and O–H groups in total. The highest BCUT2D eigenvalue weighted by atomic mass is 35.5. The van der Waals surface area contributed by atoms with Crippen LogP contribution in [0.5, 0.6) is 0 Å². The average molecular weight is 315 g/mol. The molecule has 0 aliphatic carbocycles. The van der Waals surface area contributed by atoms with Crippen LogP contribution >= 0.6 is 22.9 Å². The minimum absolute atomic E-state index is 0.0252. The summed E-state index contributed by atoms with van der Waals surface area (Å²) in [5, 5.41) is 2.86. The molecule has 6 heteroatoms. The minimum atomic E-state index is 0.0252. The van der Waals surface area contributed by atoms with Crippen LogP contribution in [0.2, 0.25) is 4.34 Å². The zero-order valence-electron chi connectivity index (χ0n) is 11.5.